The fourth-order valence-corrected chi connectivity index (χ4v) is 2.59. The van der Waals surface area contributed by atoms with Crippen molar-refractivity contribution < 1.29 is 31.4 Å². The number of benzene rings is 2. The van der Waals surface area contributed by atoms with Crippen molar-refractivity contribution in [2.24, 2.45) is 0 Å². The van der Waals surface area contributed by atoms with E-state index in [4.69, 9.17) is 11.5 Å². The SMILES string of the molecule is Cc1cc(-c2cc(C)c(N)c(C(O)(C(F)(F)F)C(F)(F)F)c2)ccc1N. The summed E-state index contributed by atoms with van der Waals surface area (Å²) in [5.41, 5.74) is 5.21. The van der Waals surface area contributed by atoms with Gasteiger partial charge in [-0.1, -0.05) is 6.07 Å². The highest BCUT2D eigenvalue weighted by atomic mass is 19.4. The predicted octanol–water partition coefficient (Wildman–Crippen LogP) is 4.45. The number of nitrogens with two attached hydrogens (primary N) is 2. The maximum absolute atomic E-state index is 13.2. The predicted molar refractivity (Wildman–Crippen MR) is 86.2 cm³/mol. The highest BCUT2D eigenvalue weighted by Crippen LogP contribution is 2.52. The topological polar surface area (TPSA) is 72.3 Å². The summed E-state index contributed by atoms with van der Waals surface area (Å²) in [4.78, 5) is 0. The van der Waals surface area contributed by atoms with Crippen LogP contribution in [0.15, 0.2) is 30.3 Å². The van der Waals surface area contributed by atoms with Crippen LogP contribution in [0.4, 0.5) is 37.7 Å². The highest BCUT2D eigenvalue weighted by molar-refractivity contribution is 5.73. The molecule has 0 atom stereocenters. The van der Waals surface area contributed by atoms with Gasteiger partial charge in [0.25, 0.3) is 5.60 Å². The first-order valence-electron chi connectivity index (χ1n) is 7.33. The van der Waals surface area contributed by atoms with Crippen LogP contribution >= 0.6 is 0 Å². The Kier molecular flexibility index (Phi) is 4.65. The fourth-order valence-electron chi connectivity index (χ4n) is 2.59. The van der Waals surface area contributed by atoms with Gasteiger partial charge < -0.3 is 16.6 Å². The smallest absolute Gasteiger partial charge is 0.399 e. The zero-order valence-corrected chi connectivity index (χ0v) is 13.8. The maximum atomic E-state index is 13.2. The van der Waals surface area contributed by atoms with Crippen molar-refractivity contribution in [3.8, 4) is 11.1 Å². The first kappa shape index (κ1) is 19.9. The molecule has 0 aliphatic heterocycles. The van der Waals surface area contributed by atoms with Gasteiger partial charge in [0.15, 0.2) is 0 Å². The summed E-state index contributed by atoms with van der Waals surface area (Å²) in [5.74, 6) is 0. The molecule has 2 rings (SSSR count). The molecule has 0 aliphatic rings. The van der Waals surface area contributed by atoms with Gasteiger partial charge in [0.2, 0.25) is 0 Å². The normalized spacial score (nSPS) is 13.1. The van der Waals surface area contributed by atoms with E-state index in [2.05, 4.69) is 0 Å². The summed E-state index contributed by atoms with van der Waals surface area (Å²) in [6, 6.07) is 6.41. The van der Waals surface area contributed by atoms with Crippen molar-refractivity contribution in [3.63, 3.8) is 0 Å². The second-order valence-corrected chi connectivity index (χ2v) is 6.03. The van der Waals surface area contributed by atoms with Gasteiger partial charge in [-0.15, -0.1) is 0 Å². The molecule has 26 heavy (non-hydrogen) atoms. The van der Waals surface area contributed by atoms with Crippen LogP contribution in [-0.4, -0.2) is 17.5 Å². The molecule has 2 aromatic carbocycles. The summed E-state index contributed by atoms with van der Waals surface area (Å²) in [5, 5.41) is 9.68. The lowest BCUT2D eigenvalue weighted by Gasteiger charge is -2.34. The molecule has 0 fully saturated rings. The van der Waals surface area contributed by atoms with Gasteiger partial charge in [0, 0.05) is 16.9 Å². The number of nitrogen functional groups attached to an aromatic ring is 2. The van der Waals surface area contributed by atoms with Crippen molar-refractivity contribution in [1.29, 1.82) is 0 Å². The molecule has 0 heterocycles. The van der Waals surface area contributed by atoms with Crippen LogP contribution in [0.5, 0.6) is 0 Å². The van der Waals surface area contributed by atoms with E-state index in [0.29, 0.717) is 22.9 Å². The largest absolute Gasteiger partial charge is 0.430 e. The van der Waals surface area contributed by atoms with Crippen molar-refractivity contribution in [3.05, 3.63) is 47.0 Å². The third kappa shape index (κ3) is 3.07. The summed E-state index contributed by atoms with van der Waals surface area (Å²) in [6.45, 7) is 2.91. The van der Waals surface area contributed by atoms with Gasteiger partial charge in [-0.3, -0.25) is 0 Å². The Balaban J connectivity index is 2.81. The van der Waals surface area contributed by atoms with Crippen LogP contribution in [0.1, 0.15) is 16.7 Å². The molecule has 0 saturated carbocycles. The van der Waals surface area contributed by atoms with E-state index in [9.17, 15) is 31.4 Å². The molecule has 3 nitrogen and oxygen atoms in total. The number of halogens is 6. The zero-order valence-electron chi connectivity index (χ0n) is 13.8. The number of anilines is 2. The number of alkyl halides is 6. The number of hydrogen-bond donors (Lipinski definition) is 3. The molecule has 9 heteroatoms. The molecule has 5 N–H and O–H groups in total. The van der Waals surface area contributed by atoms with Crippen molar-refractivity contribution in [1.82, 2.24) is 0 Å². The zero-order chi connectivity index (χ0) is 20.1. The van der Waals surface area contributed by atoms with Crippen molar-refractivity contribution in [2.45, 2.75) is 31.8 Å². The summed E-state index contributed by atoms with van der Waals surface area (Å²) in [6.07, 6.45) is -12.0. The summed E-state index contributed by atoms with van der Waals surface area (Å²) in [7, 11) is 0. The van der Waals surface area contributed by atoms with Gasteiger partial charge in [-0.2, -0.15) is 26.3 Å². The third-order valence-electron chi connectivity index (χ3n) is 4.20. The van der Waals surface area contributed by atoms with Gasteiger partial charge in [0.05, 0.1) is 0 Å². The minimum Gasteiger partial charge on any atom is -0.399 e. The molecule has 0 radical (unpaired) electrons. The monoisotopic (exact) mass is 378 g/mol. The number of aryl methyl sites for hydroxylation is 2. The molecule has 2 aromatic rings. The average Bonchev–Trinajstić information content (AvgIpc) is 2.49. The second kappa shape index (κ2) is 6.08. The average molecular weight is 378 g/mol. The standard InChI is InChI=1S/C17H16F6N2O/c1-8-5-10(3-4-13(8)24)11-6-9(2)14(25)12(7-11)15(26,16(18,19)20)17(21,22)23/h3-7,26H,24-25H2,1-2H3. The van der Waals surface area contributed by atoms with Gasteiger partial charge >= 0.3 is 12.4 Å². The van der Waals surface area contributed by atoms with E-state index in [-0.39, 0.29) is 11.1 Å². The van der Waals surface area contributed by atoms with E-state index in [1.54, 1.807) is 6.92 Å². The molecule has 0 spiro atoms. The molecular formula is C17H16F6N2O. The minimum atomic E-state index is -6.01. The van der Waals surface area contributed by atoms with Gasteiger partial charge in [0.1, 0.15) is 0 Å². The molecular weight excluding hydrogens is 362 g/mol. The Morgan fingerprint density at radius 3 is 1.73 bits per heavy atom. The molecule has 0 saturated heterocycles. The molecule has 0 amide bonds. The molecule has 142 valence electrons. The first-order chi connectivity index (χ1) is 11.7. The molecule has 0 aliphatic carbocycles. The van der Waals surface area contributed by atoms with Crippen LogP contribution < -0.4 is 11.5 Å². The van der Waals surface area contributed by atoms with Crippen molar-refractivity contribution in [2.75, 3.05) is 11.5 Å². The maximum Gasteiger partial charge on any atom is 0.430 e. The van der Waals surface area contributed by atoms with Crippen LogP contribution in [-0.2, 0) is 5.60 Å². The summed E-state index contributed by atoms with van der Waals surface area (Å²) >= 11 is 0. The van der Waals surface area contributed by atoms with Crippen LogP contribution in [0.25, 0.3) is 11.1 Å². The lowest BCUT2D eigenvalue weighted by Crippen LogP contribution is -2.54. The van der Waals surface area contributed by atoms with Crippen LogP contribution in [0.2, 0.25) is 0 Å². The molecule has 0 aromatic heterocycles. The van der Waals surface area contributed by atoms with E-state index >= 15 is 0 Å². The lowest BCUT2D eigenvalue weighted by atomic mass is 9.86. The molecule has 0 bridgehead atoms. The number of rotatable bonds is 2. The number of aliphatic hydroxyl groups is 1. The van der Waals surface area contributed by atoms with Crippen LogP contribution in [0, 0.1) is 13.8 Å². The Bertz CT molecular complexity index is 828. The Morgan fingerprint density at radius 2 is 1.27 bits per heavy atom. The van der Waals surface area contributed by atoms with Crippen molar-refractivity contribution >= 4 is 11.4 Å². The lowest BCUT2D eigenvalue weighted by molar-refractivity contribution is -0.376. The molecule has 0 unspecified atom stereocenters. The Morgan fingerprint density at radius 1 is 0.769 bits per heavy atom. The first-order valence-corrected chi connectivity index (χ1v) is 7.33. The Hall–Kier alpha value is -2.42. The third-order valence-corrected chi connectivity index (χ3v) is 4.20. The van der Waals surface area contributed by atoms with E-state index < -0.39 is 29.2 Å². The number of hydrogen-bond acceptors (Lipinski definition) is 3. The van der Waals surface area contributed by atoms with E-state index in [1.807, 2.05) is 0 Å². The van der Waals surface area contributed by atoms with Crippen LogP contribution in [0.3, 0.4) is 0 Å². The minimum absolute atomic E-state index is 0.0288. The van der Waals surface area contributed by atoms with Gasteiger partial charge in [-0.25, -0.2) is 0 Å². The highest BCUT2D eigenvalue weighted by Gasteiger charge is 2.72. The van der Waals surface area contributed by atoms with E-state index in [1.165, 1.54) is 31.2 Å². The van der Waals surface area contributed by atoms with E-state index in [0.717, 1.165) is 0 Å². The van der Waals surface area contributed by atoms with Gasteiger partial charge in [-0.05, 0) is 60.4 Å². The Labute approximate surface area is 145 Å². The second-order valence-electron chi connectivity index (χ2n) is 6.03. The fraction of sp³-hybridized carbons (Fsp3) is 0.294. The quantitative estimate of drug-likeness (QED) is 0.534. The summed E-state index contributed by atoms with van der Waals surface area (Å²) < 4.78 is 79.2.